The summed E-state index contributed by atoms with van der Waals surface area (Å²) >= 11 is 6.63. The summed E-state index contributed by atoms with van der Waals surface area (Å²) in [5.41, 5.74) is 5.72. The summed E-state index contributed by atoms with van der Waals surface area (Å²) in [6.45, 7) is 6.03. The van der Waals surface area contributed by atoms with Crippen molar-refractivity contribution in [1.29, 1.82) is 0 Å². The van der Waals surface area contributed by atoms with Crippen LogP contribution in [-0.2, 0) is 10.2 Å². The molecule has 42 heavy (non-hydrogen) atoms. The number of anilines is 2. The molecule has 4 aromatic carbocycles. The highest BCUT2D eigenvalue weighted by Crippen LogP contribution is 2.59. The van der Waals surface area contributed by atoms with E-state index in [9.17, 15) is 14.4 Å². The van der Waals surface area contributed by atoms with E-state index in [2.05, 4.69) is 17.5 Å². The summed E-state index contributed by atoms with van der Waals surface area (Å²) < 4.78 is 0. The van der Waals surface area contributed by atoms with Crippen molar-refractivity contribution in [2.75, 3.05) is 10.2 Å². The van der Waals surface area contributed by atoms with Crippen molar-refractivity contribution in [2.24, 2.45) is 5.92 Å². The first kappa shape index (κ1) is 26.4. The van der Waals surface area contributed by atoms with Crippen LogP contribution in [0.3, 0.4) is 0 Å². The van der Waals surface area contributed by atoms with Gasteiger partial charge in [0.1, 0.15) is 11.5 Å². The standard InChI is InChI=1S/C36H29ClN2O3/c1-20-12-15-23(16-13-20)33(40)32-31(34(41)24-8-4-6-10-27(24)37)36(26-9-5-7-11-28(26)38-35(36)42)30-19-22(3)25-18-21(2)14-17-29(25)39(30)32/h4-19,30-32H,1-3H3,(H,38,42)/t30-,31+,32+,36-/m1/s1. The maximum atomic E-state index is 14.9. The van der Waals surface area contributed by atoms with Crippen LogP contribution >= 0.6 is 11.6 Å². The third-order valence-corrected chi connectivity index (χ3v) is 9.49. The highest BCUT2D eigenvalue weighted by molar-refractivity contribution is 6.34. The zero-order valence-corrected chi connectivity index (χ0v) is 24.3. The Morgan fingerprint density at radius 1 is 0.833 bits per heavy atom. The number of amides is 1. The van der Waals surface area contributed by atoms with E-state index in [1.54, 1.807) is 36.4 Å². The van der Waals surface area contributed by atoms with Crippen LogP contribution < -0.4 is 10.2 Å². The van der Waals surface area contributed by atoms with Crippen LogP contribution in [0.2, 0.25) is 5.02 Å². The normalized spacial score (nSPS) is 23.6. The van der Waals surface area contributed by atoms with Crippen LogP contribution in [0, 0.1) is 19.8 Å². The van der Waals surface area contributed by atoms with Gasteiger partial charge in [0.05, 0.1) is 17.0 Å². The molecule has 7 rings (SSSR count). The largest absolute Gasteiger partial charge is 0.352 e. The summed E-state index contributed by atoms with van der Waals surface area (Å²) in [7, 11) is 0. The van der Waals surface area contributed by atoms with Gasteiger partial charge in [0, 0.05) is 28.1 Å². The lowest BCUT2D eigenvalue weighted by molar-refractivity contribution is -0.121. The number of aryl methyl sites for hydroxylation is 2. The molecule has 4 atom stereocenters. The summed E-state index contributed by atoms with van der Waals surface area (Å²) in [5, 5.41) is 3.37. The molecule has 0 radical (unpaired) electrons. The lowest BCUT2D eigenvalue weighted by atomic mass is 9.64. The van der Waals surface area contributed by atoms with E-state index >= 15 is 0 Å². The minimum Gasteiger partial charge on any atom is -0.352 e. The Kier molecular flexibility index (Phi) is 6.00. The molecule has 6 heteroatoms. The van der Waals surface area contributed by atoms with Crippen molar-refractivity contribution in [3.05, 3.63) is 135 Å². The monoisotopic (exact) mass is 572 g/mol. The van der Waals surface area contributed by atoms with Gasteiger partial charge in [-0.25, -0.2) is 0 Å². The lowest BCUT2D eigenvalue weighted by Gasteiger charge is -2.39. The molecule has 0 aliphatic carbocycles. The Morgan fingerprint density at radius 3 is 2.29 bits per heavy atom. The number of allylic oxidation sites excluding steroid dienone is 1. The molecule has 1 fully saturated rings. The fourth-order valence-corrected chi connectivity index (χ4v) is 7.49. The molecule has 4 aromatic rings. The molecule has 208 valence electrons. The summed E-state index contributed by atoms with van der Waals surface area (Å²) in [6.07, 6.45) is 2.07. The van der Waals surface area contributed by atoms with Gasteiger partial charge in [0.15, 0.2) is 11.6 Å². The van der Waals surface area contributed by atoms with Crippen molar-refractivity contribution < 1.29 is 14.4 Å². The lowest BCUT2D eigenvalue weighted by Crippen LogP contribution is -2.51. The number of fused-ring (bicyclic) bond motifs is 6. The molecule has 3 aliphatic rings. The number of hydrogen-bond donors (Lipinski definition) is 1. The van der Waals surface area contributed by atoms with Crippen molar-refractivity contribution >= 4 is 46.0 Å². The second-order valence-corrected chi connectivity index (χ2v) is 12.0. The zero-order chi connectivity index (χ0) is 29.3. The third-order valence-electron chi connectivity index (χ3n) is 9.16. The SMILES string of the molecule is CC1=C[C@H]2N(c3ccc(C)cc31)[C@H](C(=O)c1ccc(C)cc1)[C@@H](C(=O)c1ccccc1Cl)[C@]21C(=O)Nc2ccccc21. The van der Waals surface area contributed by atoms with E-state index < -0.39 is 23.4 Å². The number of carbonyl (C=O) groups is 3. The minimum atomic E-state index is -1.37. The molecule has 3 aliphatic heterocycles. The quantitative estimate of drug-likeness (QED) is 0.263. The molecule has 5 nitrogen and oxygen atoms in total. The van der Waals surface area contributed by atoms with Crippen LogP contribution in [0.25, 0.3) is 5.57 Å². The number of ketones is 2. The first-order chi connectivity index (χ1) is 20.2. The molecule has 1 saturated heterocycles. The van der Waals surface area contributed by atoms with Crippen LogP contribution in [0.5, 0.6) is 0 Å². The molecular formula is C36H29ClN2O3. The molecule has 0 unspecified atom stereocenters. The molecule has 0 saturated carbocycles. The van der Waals surface area contributed by atoms with Gasteiger partial charge in [-0.3, -0.25) is 14.4 Å². The Balaban J connectivity index is 1.57. The number of nitrogens with zero attached hydrogens (tertiary/aromatic N) is 1. The predicted molar refractivity (Wildman–Crippen MR) is 166 cm³/mol. The van der Waals surface area contributed by atoms with Crippen molar-refractivity contribution in [3.63, 3.8) is 0 Å². The average Bonchev–Trinajstić information content (AvgIpc) is 3.45. The van der Waals surface area contributed by atoms with Crippen molar-refractivity contribution in [3.8, 4) is 0 Å². The van der Waals surface area contributed by atoms with Gasteiger partial charge in [-0.1, -0.05) is 89.5 Å². The van der Waals surface area contributed by atoms with E-state index in [-0.39, 0.29) is 17.5 Å². The molecule has 0 aromatic heterocycles. The van der Waals surface area contributed by atoms with Gasteiger partial charge in [0.25, 0.3) is 0 Å². The first-order valence-electron chi connectivity index (χ1n) is 14.1. The number of para-hydroxylation sites is 1. The van der Waals surface area contributed by atoms with Gasteiger partial charge < -0.3 is 10.2 Å². The molecule has 3 heterocycles. The third kappa shape index (κ3) is 3.59. The van der Waals surface area contributed by atoms with E-state index in [4.69, 9.17) is 11.6 Å². The van der Waals surface area contributed by atoms with Crippen LogP contribution in [-0.4, -0.2) is 29.6 Å². The molecule has 1 N–H and O–H groups in total. The Bertz CT molecular complexity index is 1840. The fraction of sp³-hybridized carbons (Fsp3) is 0.194. The Morgan fingerprint density at radius 2 is 1.52 bits per heavy atom. The Hall–Kier alpha value is -4.48. The topological polar surface area (TPSA) is 66.5 Å². The maximum absolute atomic E-state index is 14.9. The molecule has 1 spiro atoms. The van der Waals surface area contributed by atoms with Gasteiger partial charge in [0.2, 0.25) is 5.91 Å². The first-order valence-corrected chi connectivity index (χ1v) is 14.5. The molecular weight excluding hydrogens is 544 g/mol. The molecule has 1 amide bonds. The highest BCUT2D eigenvalue weighted by atomic mass is 35.5. The number of Topliss-reactive ketones (excluding diaryl/α,β-unsaturated/α-hetero) is 2. The van der Waals surface area contributed by atoms with E-state index in [0.717, 1.165) is 28.0 Å². The molecule has 0 bridgehead atoms. The second-order valence-electron chi connectivity index (χ2n) is 11.6. The Labute approximate surface area is 249 Å². The van der Waals surface area contributed by atoms with Gasteiger partial charge in [-0.2, -0.15) is 0 Å². The van der Waals surface area contributed by atoms with E-state index in [1.807, 2.05) is 74.2 Å². The van der Waals surface area contributed by atoms with Gasteiger partial charge in [-0.05, 0) is 62.2 Å². The summed E-state index contributed by atoms with van der Waals surface area (Å²) in [4.78, 5) is 46.2. The smallest absolute Gasteiger partial charge is 0.238 e. The summed E-state index contributed by atoms with van der Waals surface area (Å²) in [5.74, 6) is -1.88. The minimum absolute atomic E-state index is 0.209. The number of benzene rings is 4. The van der Waals surface area contributed by atoms with E-state index in [0.29, 0.717) is 27.4 Å². The van der Waals surface area contributed by atoms with Crippen LogP contribution in [0.1, 0.15) is 49.9 Å². The number of halogens is 1. The number of hydrogen-bond acceptors (Lipinski definition) is 4. The van der Waals surface area contributed by atoms with Crippen molar-refractivity contribution in [2.45, 2.75) is 38.3 Å². The second kappa shape index (κ2) is 9.53. The van der Waals surface area contributed by atoms with Crippen molar-refractivity contribution in [1.82, 2.24) is 0 Å². The summed E-state index contributed by atoms with van der Waals surface area (Å²) in [6, 6.07) is 26.4. The number of rotatable bonds is 4. The zero-order valence-electron chi connectivity index (χ0n) is 23.5. The predicted octanol–water partition coefficient (Wildman–Crippen LogP) is 7.20. The average molecular weight is 573 g/mol. The van der Waals surface area contributed by atoms with Crippen LogP contribution in [0.15, 0.2) is 97.1 Å². The van der Waals surface area contributed by atoms with Crippen LogP contribution in [0.4, 0.5) is 11.4 Å². The number of nitrogens with one attached hydrogen (secondary N) is 1. The maximum Gasteiger partial charge on any atom is 0.238 e. The number of carbonyl (C=O) groups excluding carboxylic acids is 3. The van der Waals surface area contributed by atoms with Gasteiger partial charge >= 0.3 is 0 Å². The highest BCUT2D eigenvalue weighted by Gasteiger charge is 2.70. The fourth-order valence-electron chi connectivity index (χ4n) is 7.26. The van der Waals surface area contributed by atoms with Gasteiger partial charge in [-0.15, -0.1) is 0 Å². The van der Waals surface area contributed by atoms with E-state index in [1.165, 1.54) is 0 Å².